The zero-order valence-corrected chi connectivity index (χ0v) is 12.0. The monoisotopic (exact) mass is 269 g/mol. The fraction of sp³-hybridized carbons (Fsp3) is 0.692. The Hall–Kier alpha value is -1.40. The number of carbonyl (C=O) groups is 1. The number of aliphatic hydroxyl groups is 1. The van der Waals surface area contributed by atoms with Crippen LogP contribution in [0, 0.1) is 0 Å². The summed E-state index contributed by atoms with van der Waals surface area (Å²) in [6.07, 6.45) is -0.0860. The fourth-order valence-corrected chi connectivity index (χ4v) is 1.70. The molecule has 1 unspecified atom stereocenters. The van der Waals surface area contributed by atoms with Gasteiger partial charge in [0.1, 0.15) is 5.69 Å². The third kappa shape index (κ3) is 4.65. The van der Waals surface area contributed by atoms with E-state index >= 15 is 0 Å². The summed E-state index contributed by atoms with van der Waals surface area (Å²) in [6, 6.07) is 1.80. The molecule has 0 aliphatic rings. The van der Waals surface area contributed by atoms with Crippen molar-refractivity contribution in [1.29, 1.82) is 0 Å². The minimum atomic E-state index is -0.553. The van der Waals surface area contributed by atoms with Gasteiger partial charge in [-0.1, -0.05) is 13.8 Å². The molecule has 0 saturated carbocycles. The van der Waals surface area contributed by atoms with Crippen LogP contribution < -0.4 is 5.32 Å². The van der Waals surface area contributed by atoms with Crippen molar-refractivity contribution >= 4 is 5.91 Å². The lowest BCUT2D eigenvalue weighted by molar-refractivity contribution is 0.0587. The van der Waals surface area contributed by atoms with Gasteiger partial charge in [-0.05, 0) is 18.4 Å². The van der Waals surface area contributed by atoms with Gasteiger partial charge in [0.15, 0.2) is 0 Å². The minimum absolute atomic E-state index is 0.175. The van der Waals surface area contributed by atoms with Gasteiger partial charge in [0, 0.05) is 20.7 Å². The summed E-state index contributed by atoms with van der Waals surface area (Å²) < 4.78 is 6.40. The number of hydrogen-bond acceptors (Lipinski definition) is 4. The number of nitrogens with zero attached hydrogens (tertiary/aromatic N) is 2. The zero-order valence-electron chi connectivity index (χ0n) is 12.0. The van der Waals surface area contributed by atoms with Crippen molar-refractivity contribution in [1.82, 2.24) is 15.1 Å². The van der Waals surface area contributed by atoms with E-state index in [0.717, 1.165) is 5.69 Å². The van der Waals surface area contributed by atoms with Gasteiger partial charge in [0.2, 0.25) is 0 Å². The van der Waals surface area contributed by atoms with Crippen LogP contribution in [0.2, 0.25) is 0 Å². The molecule has 2 N–H and O–H groups in total. The predicted molar refractivity (Wildman–Crippen MR) is 72.1 cm³/mol. The number of methoxy groups -OCH3 is 1. The van der Waals surface area contributed by atoms with Crippen LogP contribution in [0.5, 0.6) is 0 Å². The number of amides is 1. The Morgan fingerprint density at radius 3 is 2.79 bits per heavy atom. The highest BCUT2D eigenvalue weighted by Gasteiger charge is 2.14. The average Bonchev–Trinajstić information content (AvgIpc) is 2.72. The van der Waals surface area contributed by atoms with Crippen LogP contribution in [0.25, 0.3) is 0 Å². The molecule has 0 aromatic carbocycles. The van der Waals surface area contributed by atoms with Crippen molar-refractivity contribution in [2.45, 2.75) is 32.3 Å². The van der Waals surface area contributed by atoms with Crippen LogP contribution in [0.1, 0.15) is 42.4 Å². The lowest BCUT2D eigenvalue weighted by Crippen LogP contribution is -2.29. The number of carbonyl (C=O) groups excluding carboxylic acids is 1. The molecule has 0 aliphatic carbocycles. The van der Waals surface area contributed by atoms with Gasteiger partial charge in [-0.3, -0.25) is 9.48 Å². The first kappa shape index (κ1) is 15.7. The maximum atomic E-state index is 12.0. The Balaban J connectivity index is 2.49. The number of rotatable bonds is 7. The summed E-state index contributed by atoms with van der Waals surface area (Å²) in [5.41, 5.74) is 1.43. The van der Waals surface area contributed by atoms with Crippen LogP contribution in [-0.4, -0.2) is 47.2 Å². The summed E-state index contributed by atoms with van der Waals surface area (Å²) in [5, 5.41) is 16.5. The van der Waals surface area contributed by atoms with Crippen molar-refractivity contribution in [3.8, 4) is 0 Å². The summed E-state index contributed by atoms with van der Waals surface area (Å²) in [5.74, 6) is 0.114. The summed E-state index contributed by atoms with van der Waals surface area (Å²) in [6.45, 7) is 4.75. The van der Waals surface area contributed by atoms with Gasteiger partial charge in [0.25, 0.3) is 5.91 Å². The number of nitrogens with one attached hydrogen (secondary N) is 1. The molecule has 0 saturated heterocycles. The van der Waals surface area contributed by atoms with Crippen LogP contribution >= 0.6 is 0 Å². The van der Waals surface area contributed by atoms with E-state index in [1.54, 1.807) is 17.8 Å². The number of aryl methyl sites for hydroxylation is 1. The molecule has 1 aromatic heterocycles. The van der Waals surface area contributed by atoms with E-state index in [-0.39, 0.29) is 18.4 Å². The molecular formula is C13H23N3O3. The topological polar surface area (TPSA) is 76.4 Å². The average molecular weight is 269 g/mol. The minimum Gasteiger partial charge on any atom is -0.391 e. The lowest BCUT2D eigenvalue weighted by Gasteiger charge is -2.10. The lowest BCUT2D eigenvalue weighted by atomic mass is 10.1. The zero-order chi connectivity index (χ0) is 14.4. The molecule has 108 valence electrons. The van der Waals surface area contributed by atoms with E-state index in [2.05, 4.69) is 10.4 Å². The molecule has 0 fully saturated rings. The number of hydrogen-bond donors (Lipinski definition) is 2. The van der Waals surface area contributed by atoms with Crippen molar-refractivity contribution < 1.29 is 14.6 Å². The van der Waals surface area contributed by atoms with Crippen molar-refractivity contribution in [2.75, 3.05) is 20.3 Å². The van der Waals surface area contributed by atoms with Gasteiger partial charge < -0.3 is 15.2 Å². The van der Waals surface area contributed by atoms with E-state index in [1.165, 1.54) is 7.11 Å². The van der Waals surface area contributed by atoms with E-state index in [4.69, 9.17) is 4.74 Å². The number of aliphatic hydroxyl groups excluding tert-OH is 1. The molecular weight excluding hydrogens is 246 g/mol. The molecule has 0 bridgehead atoms. The van der Waals surface area contributed by atoms with E-state index < -0.39 is 6.10 Å². The summed E-state index contributed by atoms with van der Waals surface area (Å²) in [7, 11) is 3.28. The highest BCUT2D eigenvalue weighted by molar-refractivity contribution is 5.92. The first-order valence-corrected chi connectivity index (χ1v) is 6.44. The third-order valence-electron chi connectivity index (χ3n) is 2.85. The molecule has 0 radical (unpaired) electrons. The molecule has 1 rings (SSSR count). The van der Waals surface area contributed by atoms with Crippen molar-refractivity contribution in [3.63, 3.8) is 0 Å². The quantitative estimate of drug-likeness (QED) is 0.763. The van der Waals surface area contributed by atoms with Gasteiger partial charge in [0.05, 0.1) is 18.4 Å². The highest BCUT2D eigenvalue weighted by atomic mass is 16.5. The third-order valence-corrected chi connectivity index (χ3v) is 2.85. The fourth-order valence-electron chi connectivity index (χ4n) is 1.70. The number of aromatic nitrogens is 2. The Morgan fingerprint density at radius 1 is 1.58 bits per heavy atom. The smallest absolute Gasteiger partial charge is 0.269 e. The molecule has 1 amide bonds. The first-order chi connectivity index (χ1) is 8.95. The van der Waals surface area contributed by atoms with Crippen LogP contribution in [0.4, 0.5) is 0 Å². The molecule has 0 spiro atoms. The van der Waals surface area contributed by atoms with Crippen molar-refractivity contribution in [3.05, 3.63) is 17.5 Å². The van der Waals surface area contributed by atoms with Crippen LogP contribution in [-0.2, 0) is 11.8 Å². The Kier molecular flexibility index (Phi) is 5.98. The maximum absolute atomic E-state index is 12.0. The molecule has 0 aliphatic heterocycles. The second-order valence-electron chi connectivity index (χ2n) is 4.89. The standard InChI is InChI=1S/C13H23N3O3/c1-9(2)11-7-12(16(3)15-11)13(18)14-6-5-10(17)8-19-4/h7,9-10,17H,5-6,8H2,1-4H3,(H,14,18). The Bertz CT molecular complexity index is 415. The second kappa shape index (κ2) is 7.25. The molecule has 6 heteroatoms. The van der Waals surface area contributed by atoms with E-state index in [9.17, 15) is 9.90 Å². The molecule has 19 heavy (non-hydrogen) atoms. The second-order valence-corrected chi connectivity index (χ2v) is 4.89. The van der Waals surface area contributed by atoms with Gasteiger partial charge >= 0.3 is 0 Å². The van der Waals surface area contributed by atoms with Gasteiger partial charge in [-0.15, -0.1) is 0 Å². The normalized spacial score (nSPS) is 12.7. The summed E-state index contributed by atoms with van der Waals surface area (Å²) in [4.78, 5) is 12.0. The van der Waals surface area contributed by atoms with E-state index in [0.29, 0.717) is 18.7 Å². The highest BCUT2D eigenvalue weighted by Crippen LogP contribution is 2.13. The van der Waals surface area contributed by atoms with E-state index in [1.807, 2.05) is 13.8 Å². The largest absolute Gasteiger partial charge is 0.391 e. The number of ether oxygens (including phenoxy) is 1. The molecule has 1 atom stereocenters. The van der Waals surface area contributed by atoms with Gasteiger partial charge in [-0.25, -0.2) is 0 Å². The van der Waals surface area contributed by atoms with Gasteiger partial charge in [-0.2, -0.15) is 5.10 Å². The van der Waals surface area contributed by atoms with Crippen LogP contribution in [0.3, 0.4) is 0 Å². The molecule has 6 nitrogen and oxygen atoms in total. The maximum Gasteiger partial charge on any atom is 0.269 e. The van der Waals surface area contributed by atoms with Crippen LogP contribution in [0.15, 0.2) is 6.07 Å². The Labute approximate surface area is 113 Å². The Morgan fingerprint density at radius 2 is 2.26 bits per heavy atom. The molecule has 1 heterocycles. The van der Waals surface area contributed by atoms with Crippen molar-refractivity contribution in [2.24, 2.45) is 7.05 Å². The first-order valence-electron chi connectivity index (χ1n) is 6.44. The summed E-state index contributed by atoms with van der Waals surface area (Å²) >= 11 is 0. The predicted octanol–water partition coefficient (Wildman–Crippen LogP) is 0.671. The SMILES string of the molecule is COCC(O)CCNC(=O)c1cc(C(C)C)nn1C. The molecule has 1 aromatic rings.